The molecule has 2 amide bonds. The third kappa shape index (κ3) is 3.43. The van der Waals surface area contributed by atoms with Crippen LogP contribution in [0.4, 0.5) is 5.82 Å². The molecular formula is C13H19N5O2. The van der Waals surface area contributed by atoms with Crippen molar-refractivity contribution < 1.29 is 9.59 Å². The second-order valence-corrected chi connectivity index (χ2v) is 5.04. The van der Waals surface area contributed by atoms with Crippen molar-refractivity contribution in [2.45, 2.75) is 19.9 Å². The molecule has 0 aromatic carbocycles. The van der Waals surface area contributed by atoms with E-state index in [1.165, 1.54) is 0 Å². The molecule has 20 heavy (non-hydrogen) atoms. The van der Waals surface area contributed by atoms with Gasteiger partial charge in [0.15, 0.2) is 5.69 Å². The number of nitrogens with zero attached hydrogens (tertiary/aromatic N) is 4. The molecule has 1 aromatic heterocycles. The van der Waals surface area contributed by atoms with E-state index in [0.29, 0.717) is 37.7 Å². The number of hydrogen-bond donors (Lipinski definition) is 1. The van der Waals surface area contributed by atoms with Crippen molar-refractivity contribution in [2.75, 3.05) is 31.5 Å². The summed E-state index contributed by atoms with van der Waals surface area (Å²) in [5.41, 5.74) is 0.332. The molecule has 1 aliphatic heterocycles. The van der Waals surface area contributed by atoms with Crippen LogP contribution in [0, 0.1) is 0 Å². The number of carbonyl (C=O) groups excluding carboxylic acids is 2. The van der Waals surface area contributed by atoms with Crippen molar-refractivity contribution in [1.29, 1.82) is 0 Å². The Morgan fingerprint density at radius 2 is 1.95 bits per heavy atom. The van der Waals surface area contributed by atoms with Crippen LogP contribution in [0.15, 0.2) is 12.1 Å². The Labute approximate surface area is 118 Å². The highest BCUT2D eigenvalue weighted by Gasteiger charge is 2.22. The maximum atomic E-state index is 12.2. The van der Waals surface area contributed by atoms with Gasteiger partial charge in [0.2, 0.25) is 6.41 Å². The van der Waals surface area contributed by atoms with E-state index in [2.05, 4.69) is 15.5 Å². The Balaban J connectivity index is 1.97. The molecule has 1 aromatic rings. The van der Waals surface area contributed by atoms with E-state index in [0.717, 1.165) is 6.41 Å². The summed E-state index contributed by atoms with van der Waals surface area (Å²) in [6.45, 7) is 6.21. The minimum Gasteiger partial charge on any atom is -0.366 e. The summed E-state index contributed by atoms with van der Waals surface area (Å²) in [4.78, 5) is 26.2. The maximum Gasteiger partial charge on any atom is 0.274 e. The summed E-state index contributed by atoms with van der Waals surface area (Å²) in [6, 6.07) is 3.69. The zero-order chi connectivity index (χ0) is 14.5. The topological polar surface area (TPSA) is 78.4 Å². The molecule has 1 saturated heterocycles. The first-order valence-electron chi connectivity index (χ1n) is 6.69. The average Bonchev–Trinajstić information content (AvgIpc) is 2.47. The van der Waals surface area contributed by atoms with E-state index in [-0.39, 0.29) is 11.9 Å². The van der Waals surface area contributed by atoms with Crippen LogP contribution in [-0.2, 0) is 4.79 Å². The maximum absolute atomic E-state index is 12.2. The molecule has 2 heterocycles. The van der Waals surface area contributed by atoms with Crippen molar-refractivity contribution in [1.82, 2.24) is 20.0 Å². The Morgan fingerprint density at radius 1 is 1.25 bits per heavy atom. The van der Waals surface area contributed by atoms with Crippen molar-refractivity contribution in [3.63, 3.8) is 0 Å². The molecule has 0 saturated carbocycles. The molecule has 0 unspecified atom stereocenters. The normalized spacial score (nSPS) is 15.3. The van der Waals surface area contributed by atoms with Crippen LogP contribution < -0.4 is 5.32 Å². The minimum atomic E-state index is -0.140. The van der Waals surface area contributed by atoms with Gasteiger partial charge in [-0.1, -0.05) is 0 Å². The number of hydrogen-bond acceptors (Lipinski definition) is 5. The van der Waals surface area contributed by atoms with Gasteiger partial charge in [0.25, 0.3) is 5.91 Å². The van der Waals surface area contributed by atoms with E-state index in [9.17, 15) is 9.59 Å². The lowest BCUT2D eigenvalue weighted by Crippen LogP contribution is -2.48. The van der Waals surface area contributed by atoms with Gasteiger partial charge < -0.3 is 15.1 Å². The summed E-state index contributed by atoms with van der Waals surface area (Å²) in [6.07, 6.45) is 0.813. The van der Waals surface area contributed by atoms with E-state index in [1.54, 1.807) is 21.9 Å². The monoisotopic (exact) mass is 277 g/mol. The quantitative estimate of drug-likeness (QED) is 0.796. The fourth-order valence-electron chi connectivity index (χ4n) is 2.01. The van der Waals surface area contributed by atoms with Crippen molar-refractivity contribution in [2.24, 2.45) is 0 Å². The predicted molar refractivity (Wildman–Crippen MR) is 74.3 cm³/mol. The number of anilines is 1. The number of piperazine rings is 1. The van der Waals surface area contributed by atoms with Crippen LogP contribution in [0.2, 0.25) is 0 Å². The lowest BCUT2D eigenvalue weighted by molar-refractivity contribution is -0.119. The molecule has 1 N–H and O–H groups in total. The van der Waals surface area contributed by atoms with E-state index in [1.807, 2.05) is 13.8 Å². The number of nitrogens with one attached hydrogen (secondary N) is 1. The largest absolute Gasteiger partial charge is 0.366 e. The van der Waals surface area contributed by atoms with Crippen LogP contribution in [0.1, 0.15) is 24.3 Å². The Kier molecular flexibility index (Phi) is 4.49. The van der Waals surface area contributed by atoms with Crippen LogP contribution in [0.25, 0.3) is 0 Å². The molecule has 1 aliphatic rings. The van der Waals surface area contributed by atoms with Crippen LogP contribution in [-0.4, -0.2) is 64.5 Å². The molecule has 0 bridgehead atoms. The Hall–Kier alpha value is -2.18. The number of carbonyl (C=O) groups is 2. The van der Waals surface area contributed by atoms with Crippen LogP contribution in [0.5, 0.6) is 0 Å². The molecule has 0 spiro atoms. The average molecular weight is 277 g/mol. The SMILES string of the molecule is CC(C)Nc1ccc(C(=O)N2CCN(C=O)CC2)nn1. The molecule has 2 rings (SSSR count). The summed E-state index contributed by atoms with van der Waals surface area (Å²) >= 11 is 0. The molecule has 0 atom stereocenters. The van der Waals surface area contributed by atoms with Gasteiger partial charge in [-0.15, -0.1) is 10.2 Å². The molecular weight excluding hydrogens is 258 g/mol. The zero-order valence-electron chi connectivity index (χ0n) is 11.7. The molecule has 7 nitrogen and oxygen atoms in total. The molecule has 7 heteroatoms. The smallest absolute Gasteiger partial charge is 0.274 e. The van der Waals surface area contributed by atoms with Gasteiger partial charge in [0.1, 0.15) is 5.82 Å². The lowest BCUT2D eigenvalue weighted by Gasteiger charge is -2.32. The van der Waals surface area contributed by atoms with Gasteiger partial charge in [-0.25, -0.2) is 0 Å². The van der Waals surface area contributed by atoms with E-state index in [4.69, 9.17) is 0 Å². The second kappa shape index (κ2) is 6.31. The van der Waals surface area contributed by atoms with E-state index < -0.39 is 0 Å². The number of amides is 2. The fraction of sp³-hybridized carbons (Fsp3) is 0.538. The standard InChI is InChI=1S/C13H19N5O2/c1-10(2)14-12-4-3-11(15-16-12)13(20)18-7-5-17(9-19)6-8-18/h3-4,9-10H,5-8H2,1-2H3,(H,14,16). The zero-order valence-corrected chi connectivity index (χ0v) is 11.7. The Bertz CT molecular complexity index is 466. The van der Waals surface area contributed by atoms with Gasteiger partial charge in [0, 0.05) is 32.2 Å². The molecule has 0 aliphatic carbocycles. The highest BCUT2D eigenvalue weighted by atomic mass is 16.2. The first-order valence-corrected chi connectivity index (χ1v) is 6.69. The second-order valence-electron chi connectivity index (χ2n) is 5.04. The van der Waals surface area contributed by atoms with Crippen LogP contribution >= 0.6 is 0 Å². The summed E-state index contributed by atoms with van der Waals surface area (Å²) < 4.78 is 0. The van der Waals surface area contributed by atoms with Crippen molar-refractivity contribution in [3.05, 3.63) is 17.8 Å². The first kappa shape index (κ1) is 14.2. The number of rotatable bonds is 4. The van der Waals surface area contributed by atoms with Gasteiger partial charge in [-0.05, 0) is 26.0 Å². The highest BCUT2D eigenvalue weighted by Crippen LogP contribution is 2.08. The van der Waals surface area contributed by atoms with Gasteiger partial charge in [-0.2, -0.15) is 0 Å². The number of aromatic nitrogens is 2. The predicted octanol–water partition coefficient (Wildman–Crippen LogP) is 0.211. The van der Waals surface area contributed by atoms with Crippen molar-refractivity contribution in [3.8, 4) is 0 Å². The summed E-state index contributed by atoms with van der Waals surface area (Å²) in [5.74, 6) is 0.515. The third-order valence-electron chi connectivity index (χ3n) is 3.07. The third-order valence-corrected chi connectivity index (χ3v) is 3.07. The van der Waals surface area contributed by atoms with Gasteiger partial charge in [-0.3, -0.25) is 9.59 Å². The summed E-state index contributed by atoms with van der Waals surface area (Å²) in [7, 11) is 0. The van der Waals surface area contributed by atoms with E-state index >= 15 is 0 Å². The van der Waals surface area contributed by atoms with Gasteiger partial charge in [0.05, 0.1) is 0 Å². The van der Waals surface area contributed by atoms with Gasteiger partial charge >= 0.3 is 0 Å². The Morgan fingerprint density at radius 3 is 2.45 bits per heavy atom. The first-order chi connectivity index (χ1) is 9.60. The summed E-state index contributed by atoms with van der Waals surface area (Å²) in [5, 5.41) is 11.1. The van der Waals surface area contributed by atoms with Crippen LogP contribution in [0.3, 0.4) is 0 Å². The molecule has 108 valence electrons. The molecule has 1 fully saturated rings. The lowest BCUT2D eigenvalue weighted by atomic mass is 10.2. The van der Waals surface area contributed by atoms with Crippen molar-refractivity contribution >= 4 is 18.1 Å². The highest BCUT2D eigenvalue weighted by molar-refractivity contribution is 5.92. The fourth-order valence-corrected chi connectivity index (χ4v) is 2.01. The molecule has 0 radical (unpaired) electrons. The minimum absolute atomic E-state index is 0.140.